The number of unbranched alkanes of at least 4 members (excludes halogenated alkanes) is 1. The molecule has 1 heterocycles. The van der Waals surface area contributed by atoms with Crippen molar-refractivity contribution in [3.8, 4) is 5.75 Å². The Morgan fingerprint density at radius 2 is 1.65 bits per heavy atom. The van der Waals surface area contributed by atoms with Crippen molar-refractivity contribution in [1.29, 1.82) is 0 Å². The number of rotatable bonds is 6. The van der Waals surface area contributed by atoms with E-state index in [1.165, 1.54) is 0 Å². The van der Waals surface area contributed by atoms with Crippen LogP contribution >= 0.6 is 11.6 Å². The highest BCUT2D eigenvalue weighted by Crippen LogP contribution is 2.20. The van der Waals surface area contributed by atoms with Gasteiger partial charge >= 0.3 is 0 Å². The van der Waals surface area contributed by atoms with Crippen LogP contribution in [0.25, 0.3) is 0 Å². The fourth-order valence-corrected chi connectivity index (χ4v) is 3.16. The van der Waals surface area contributed by atoms with Gasteiger partial charge in [0, 0.05) is 42.5 Å². The number of hydrogen-bond donors (Lipinski definition) is 0. The molecule has 0 radical (unpaired) electrons. The van der Waals surface area contributed by atoms with Gasteiger partial charge in [0.1, 0.15) is 5.75 Å². The van der Waals surface area contributed by atoms with Crippen LogP contribution in [0.15, 0.2) is 48.5 Å². The Bertz CT molecular complexity index is 708. The first-order chi connectivity index (χ1) is 12.7. The molecule has 0 bridgehead atoms. The maximum Gasteiger partial charge on any atom is 0.253 e. The molecule has 2 aromatic rings. The van der Waals surface area contributed by atoms with Crippen molar-refractivity contribution in [1.82, 2.24) is 4.90 Å². The molecule has 1 fully saturated rings. The number of carbonyl (C=O) groups excluding carboxylic acids is 1. The average Bonchev–Trinajstić information content (AvgIpc) is 2.69. The molecule has 0 unspecified atom stereocenters. The first kappa shape index (κ1) is 18.6. The van der Waals surface area contributed by atoms with E-state index in [1.54, 1.807) is 0 Å². The van der Waals surface area contributed by atoms with E-state index < -0.39 is 0 Å². The minimum Gasteiger partial charge on any atom is -0.494 e. The summed E-state index contributed by atoms with van der Waals surface area (Å²) in [5.41, 5.74) is 1.86. The van der Waals surface area contributed by atoms with E-state index in [-0.39, 0.29) is 5.91 Å². The Kier molecular flexibility index (Phi) is 6.40. The zero-order valence-electron chi connectivity index (χ0n) is 15.2. The molecule has 26 heavy (non-hydrogen) atoms. The van der Waals surface area contributed by atoms with Gasteiger partial charge in [0.2, 0.25) is 0 Å². The second-order valence-electron chi connectivity index (χ2n) is 6.48. The first-order valence-electron chi connectivity index (χ1n) is 9.20. The summed E-state index contributed by atoms with van der Waals surface area (Å²) in [7, 11) is 0. The Labute approximate surface area is 160 Å². The first-order valence-corrected chi connectivity index (χ1v) is 9.58. The molecule has 0 atom stereocenters. The number of anilines is 1. The maximum atomic E-state index is 12.7. The summed E-state index contributed by atoms with van der Waals surface area (Å²) in [6.07, 6.45) is 2.15. The van der Waals surface area contributed by atoms with Crippen molar-refractivity contribution in [3.63, 3.8) is 0 Å². The van der Waals surface area contributed by atoms with E-state index in [2.05, 4.69) is 11.8 Å². The number of hydrogen-bond acceptors (Lipinski definition) is 3. The maximum absolute atomic E-state index is 12.7. The highest BCUT2D eigenvalue weighted by molar-refractivity contribution is 6.30. The van der Waals surface area contributed by atoms with Crippen LogP contribution < -0.4 is 9.64 Å². The standard InChI is InChI=1S/C21H25ClN2O2/c1-2-3-16-26-20-10-4-17(5-11-20)21(25)24-14-12-23(13-15-24)19-8-6-18(22)7-9-19/h4-11H,2-3,12-16H2,1H3. The molecular formula is C21H25ClN2O2. The molecule has 0 N–H and O–H groups in total. The van der Waals surface area contributed by atoms with E-state index >= 15 is 0 Å². The van der Waals surface area contributed by atoms with Crippen molar-refractivity contribution in [2.24, 2.45) is 0 Å². The van der Waals surface area contributed by atoms with Crippen molar-refractivity contribution in [2.75, 3.05) is 37.7 Å². The largest absolute Gasteiger partial charge is 0.494 e. The van der Waals surface area contributed by atoms with Crippen LogP contribution in [-0.2, 0) is 0 Å². The summed E-state index contributed by atoms with van der Waals surface area (Å²) in [4.78, 5) is 16.9. The van der Waals surface area contributed by atoms with E-state index in [0.717, 1.165) is 62.1 Å². The summed E-state index contributed by atoms with van der Waals surface area (Å²) >= 11 is 5.95. The quantitative estimate of drug-likeness (QED) is 0.701. The van der Waals surface area contributed by atoms with Gasteiger partial charge < -0.3 is 14.5 Å². The predicted octanol–water partition coefficient (Wildman–Crippen LogP) is 4.48. The van der Waals surface area contributed by atoms with Crippen LogP contribution in [0.4, 0.5) is 5.69 Å². The number of benzene rings is 2. The fourth-order valence-electron chi connectivity index (χ4n) is 3.03. The molecule has 1 aliphatic heterocycles. The molecule has 0 aliphatic carbocycles. The third-order valence-electron chi connectivity index (χ3n) is 4.63. The molecule has 1 amide bonds. The number of nitrogens with zero attached hydrogens (tertiary/aromatic N) is 2. The van der Waals surface area contributed by atoms with Crippen molar-refractivity contribution >= 4 is 23.2 Å². The van der Waals surface area contributed by atoms with Gasteiger partial charge in [-0.05, 0) is 55.0 Å². The molecule has 2 aromatic carbocycles. The highest BCUT2D eigenvalue weighted by atomic mass is 35.5. The van der Waals surface area contributed by atoms with Crippen LogP contribution in [0.2, 0.25) is 5.02 Å². The monoisotopic (exact) mass is 372 g/mol. The summed E-state index contributed by atoms with van der Waals surface area (Å²) in [5, 5.41) is 0.740. The van der Waals surface area contributed by atoms with Gasteiger partial charge in [-0.25, -0.2) is 0 Å². The molecule has 5 heteroatoms. The van der Waals surface area contributed by atoms with Crippen LogP contribution in [0.1, 0.15) is 30.1 Å². The predicted molar refractivity (Wildman–Crippen MR) is 106 cm³/mol. The van der Waals surface area contributed by atoms with Crippen molar-refractivity contribution in [2.45, 2.75) is 19.8 Å². The summed E-state index contributed by atoms with van der Waals surface area (Å²) in [6.45, 7) is 5.94. The number of piperazine rings is 1. The van der Waals surface area contributed by atoms with E-state index in [4.69, 9.17) is 16.3 Å². The van der Waals surface area contributed by atoms with Crippen LogP contribution in [0, 0.1) is 0 Å². The van der Waals surface area contributed by atoms with Crippen LogP contribution in [-0.4, -0.2) is 43.6 Å². The molecule has 0 saturated carbocycles. The molecule has 4 nitrogen and oxygen atoms in total. The lowest BCUT2D eigenvalue weighted by atomic mass is 10.1. The van der Waals surface area contributed by atoms with Gasteiger partial charge in [0.05, 0.1) is 6.61 Å². The van der Waals surface area contributed by atoms with Crippen LogP contribution in [0.5, 0.6) is 5.75 Å². The van der Waals surface area contributed by atoms with Gasteiger partial charge in [0.15, 0.2) is 0 Å². The Morgan fingerprint density at radius 3 is 2.27 bits per heavy atom. The zero-order valence-corrected chi connectivity index (χ0v) is 15.9. The van der Waals surface area contributed by atoms with Gasteiger partial charge in [0.25, 0.3) is 5.91 Å². The SMILES string of the molecule is CCCCOc1ccc(C(=O)N2CCN(c3ccc(Cl)cc3)CC2)cc1. The minimum atomic E-state index is 0.0841. The molecule has 1 saturated heterocycles. The second kappa shape index (κ2) is 8.95. The number of halogens is 1. The molecule has 0 aromatic heterocycles. The Hall–Kier alpha value is -2.20. The molecule has 0 spiro atoms. The lowest BCUT2D eigenvalue weighted by Crippen LogP contribution is -2.48. The Morgan fingerprint density at radius 1 is 1.00 bits per heavy atom. The number of ether oxygens (including phenoxy) is 1. The van der Waals surface area contributed by atoms with Crippen molar-refractivity contribution in [3.05, 3.63) is 59.1 Å². The van der Waals surface area contributed by atoms with Crippen molar-refractivity contribution < 1.29 is 9.53 Å². The topological polar surface area (TPSA) is 32.8 Å². The highest BCUT2D eigenvalue weighted by Gasteiger charge is 2.22. The molecule has 3 rings (SSSR count). The number of carbonyl (C=O) groups is 1. The summed E-state index contributed by atoms with van der Waals surface area (Å²) < 4.78 is 5.66. The average molecular weight is 373 g/mol. The van der Waals surface area contributed by atoms with Crippen LogP contribution in [0.3, 0.4) is 0 Å². The fraction of sp³-hybridized carbons (Fsp3) is 0.381. The molecular weight excluding hydrogens is 348 g/mol. The summed E-state index contributed by atoms with van der Waals surface area (Å²) in [5.74, 6) is 0.906. The molecule has 138 valence electrons. The third-order valence-corrected chi connectivity index (χ3v) is 4.88. The zero-order chi connectivity index (χ0) is 18.4. The van der Waals surface area contributed by atoms with Gasteiger partial charge in [-0.15, -0.1) is 0 Å². The molecule has 1 aliphatic rings. The van der Waals surface area contributed by atoms with E-state index in [1.807, 2.05) is 53.4 Å². The lowest BCUT2D eigenvalue weighted by molar-refractivity contribution is 0.0747. The summed E-state index contributed by atoms with van der Waals surface area (Å²) in [6, 6.07) is 15.3. The van der Waals surface area contributed by atoms with E-state index in [9.17, 15) is 4.79 Å². The third kappa shape index (κ3) is 4.70. The second-order valence-corrected chi connectivity index (χ2v) is 6.92. The van der Waals surface area contributed by atoms with Gasteiger partial charge in [-0.2, -0.15) is 0 Å². The van der Waals surface area contributed by atoms with Gasteiger partial charge in [-0.1, -0.05) is 24.9 Å². The number of amides is 1. The van der Waals surface area contributed by atoms with Gasteiger partial charge in [-0.3, -0.25) is 4.79 Å². The van der Waals surface area contributed by atoms with E-state index in [0.29, 0.717) is 5.56 Å². The Balaban J connectivity index is 1.53. The lowest BCUT2D eigenvalue weighted by Gasteiger charge is -2.36. The minimum absolute atomic E-state index is 0.0841. The normalized spacial score (nSPS) is 14.4. The smallest absolute Gasteiger partial charge is 0.253 e.